The predicted molar refractivity (Wildman–Crippen MR) is 101 cm³/mol. The third-order valence-electron chi connectivity index (χ3n) is 4.84. The molecule has 1 aliphatic carbocycles. The van der Waals surface area contributed by atoms with E-state index in [9.17, 15) is 18.0 Å². The second-order valence-electron chi connectivity index (χ2n) is 6.75. The molecule has 10 heteroatoms. The van der Waals surface area contributed by atoms with Crippen LogP contribution in [-0.4, -0.2) is 38.0 Å². The quantitative estimate of drug-likeness (QED) is 0.836. The minimum absolute atomic E-state index is 0.165. The summed E-state index contributed by atoms with van der Waals surface area (Å²) in [6.07, 6.45) is 3.50. The Labute approximate surface area is 156 Å². The molecule has 2 aromatic rings. The summed E-state index contributed by atoms with van der Waals surface area (Å²) in [7, 11) is -0.641. The Morgan fingerprint density at radius 3 is 2.56 bits per heavy atom. The molecule has 1 amide bonds. The summed E-state index contributed by atoms with van der Waals surface area (Å²) < 4.78 is 27.9. The summed E-state index contributed by atoms with van der Waals surface area (Å²) in [4.78, 5) is 28.7. The van der Waals surface area contributed by atoms with Gasteiger partial charge in [-0.05, 0) is 31.0 Å². The summed E-state index contributed by atoms with van der Waals surface area (Å²) in [6.45, 7) is -0.165. The minimum atomic E-state index is -3.57. The van der Waals surface area contributed by atoms with Crippen molar-refractivity contribution in [2.75, 3.05) is 28.0 Å². The fraction of sp³-hybridized carbons (Fsp3) is 0.353. The second-order valence-corrected chi connectivity index (χ2v) is 8.74. The van der Waals surface area contributed by atoms with Crippen molar-refractivity contribution in [1.29, 1.82) is 0 Å². The van der Waals surface area contributed by atoms with Crippen molar-refractivity contribution in [3.63, 3.8) is 0 Å². The van der Waals surface area contributed by atoms with E-state index in [-0.39, 0.29) is 12.1 Å². The number of nitrogens with zero attached hydrogens (tertiary/aromatic N) is 4. The molecule has 0 spiro atoms. The average Bonchev–Trinajstić information content (AvgIpc) is 3.44. The maximum Gasteiger partial charge on any atom is 0.326 e. The van der Waals surface area contributed by atoms with Gasteiger partial charge < -0.3 is 5.32 Å². The first kappa shape index (κ1) is 17.5. The van der Waals surface area contributed by atoms with Gasteiger partial charge in [0.2, 0.25) is 5.91 Å². The van der Waals surface area contributed by atoms with Crippen LogP contribution >= 0.6 is 0 Å². The Bertz CT molecular complexity index is 1090. The van der Waals surface area contributed by atoms with E-state index in [1.807, 2.05) is 0 Å². The third kappa shape index (κ3) is 3.05. The molecule has 0 radical (unpaired) electrons. The van der Waals surface area contributed by atoms with Crippen LogP contribution in [-0.2, 0) is 21.5 Å². The lowest BCUT2D eigenvalue weighted by Gasteiger charge is -2.13. The summed E-state index contributed by atoms with van der Waals surface area (Å²) in [6, 6.07) is 6.32. The molecule has 9 nitrogen and oxygen atoms in total. The largest absolute Gasteiger partial charge is 0.326 e. The number of fused-ring (bicyclic) bond motifs is 1. The lowest BCUT2D eigenvalue weighted by Crippen LogP contribution is -2.32. The summed E-state index contributed by atoms with van der Waals surface area (Å²) in [5.74, 6) is -0.0196. The SMILES string of the molecule is CN1c2ccc(NC(=O)Cn3cnc(C4CC4)cc3=O)cc2N(C)S1(=O)=O. The molecule has 4 rings (SSSR count). The number of hydrogen-bond donors (Lipinski definition) is 1. The Balaban J connectivity index is 1.50. The molecular formula is C17H19N5O4S. The maximum absolute atomic E-state index is 12.3. The molecule has 1 aromatic carbocycles. The van der Waals surface area contributed by atoms with Crippen molar-refractivity contribution in [3.8, 4) is 0 Å². The van der Waals surface area contributed by atoms with Gasteiger partial charge in [-0.3, -0.25) is 22.8 Å². The van der Waals surface area contributed by atoms with Crippen LogP contribution in [0.2, 0.25) is 0 Å². The van der Waals surface area contributed by atoms with Crippen LogP contribution in [0.3, 0.4) is 0 Å². The highest BCUT2D eigenvalue weighted by atomic mass is 32.2. The molecule has 2 heterocycles. The number of carbonyl (C=O) groups excluding carboxylic acids is 1. The van der Waals surface area contributed by atoms with E-state index in [1.165, 1.54) is 35.4 Å². The highest BCUT2D eigenvalue weighted by molar-refractivity contribution is 7.94. The minimum Gasteiger partial charge on any atom is -0.324 e. The Morgan fingerprint density at radius 2 is 1.89 bits per heavy atom. The van der Waals surface area contributed by atoms with Gasteiger partial charge in [0.15, 0.2) is 0 Å². The van der Waals surface area contributed by atoms with Gasteiger partial charge in [-0.15, -0.1) is 0 Å². The van der Waals surface area contributed by atoms with E-state index >= 15 is 0 Å². The van der Waals surface area contributed by atoms with Crippen LogP contribution in [0.1, 0.15) is 24.5 Å². The van der Waals surface area contributed by atoms with Crippen molar-refractivity contribution in [2.24, 2.45) is 0 Å². The van der Waals surface area contributed by atoms with Crippen molar-refractivity contribution in [3.05, 3.63) is 46.6 Å². The van der Waals surface area contributed by atoms with Gasteiger partial charge in [0.05, 0.1) is 23.4 Å². The van der Waals surface area contributed by atoms with E-state index in [4.69, 9.17) is 0 Å². The summed E-state index contributed by atoms with van der Waals surface area (Å²) >= 11 is 0. The van der Waals surface area contributed by atoms with Crippen LogP contribution in [0.15, 0.2) is 35.4 Å². The van der Waals surface area contributed by atoms with Crippen molar-refractivity contribution in [1.82, 2.24) is 9.55 Å². The van der Waals surface area contributed by atoms with Gasteiger partial charge in [-0.2, -0.15) is 8.42 Å². The Hall–Kier alpha value is -2.88. The van der Waals surface area contributed by atoms with Gasteiger partial charge in [0, 0.05) is 31.8 Å². The zero-order valence-electron chi connectivity index (χ0n) is 14.9. The van der Waals surface area contributed by atoms with E-state index in [0.717, 1.165) is 22.8 Å². The standard InChI is InChI=1S/C17H19N5O4S/c1-20-14-6-5-12(7-15(14)21(2)27(20,25)26)19-16(23)9-22-10-18-13(8-17(22)24)11-3-4-11/h5-8,10-11H,3-4,9H2,1-2H3,(H,19,23). The van der Waals surface area contributed by atoms with Crippen LogP contribution in [0, 0.1) is 0 Å². The molecule has 0 atom stereocenters. The van der Waals surface area contributed by atoms with Gasteiger partial charge in [0.25, 0.3) is 5.56 Å². The number of anilines is 3. The van der Waals surface area contributed by atoms with E-state index in [2.05, 4.69) is 10.3 Å². The lowest BCUT2D eigenvalue weighted by atomic mass is 10.2. The molecule has 1 fully saturated rings. The van der Waals surface area contributed by atoms with Crippen LogP contribution in [0.4, 0.5) is 17.1 Å². The molecule has 142 valence electrons. The zero-order valence-corrected chi connectivity index (χ0v) is 15.7. The normalized spacial score (nSPS) is 17.7. The molecular weight excluding hydrogens is 370 g/mol. The number of rotatable bonds is 4. The first-order chi connectivity index (χ1) is 12.8. The smallest absolute Gasteiger partial charge is 0.324 e. The van der Waals surface area contributed by atoms with Gasteiger partial charge >= 0.3 is 10.2 Å². The number of hydrogen-bond acceptors (Lipinski definition) is 5. The molecule has 27 heavy (non-hydrogen) atoms. The van der Waals surface area contributed by atoms with Gasteiger partial charge in [0.1, 0.15) is 6.54 Å². The molecule has 1 aliphatic heterocycles. The highest BCUT2D eigenvalue weighted by Crippen LogP contribution is 2.40. The molecule has 0 unspecified atom stereocenters. The lowest BCUT2D eigenvalue weighted by molar-refractivity contribution is -0.116. The topological polar surface area (TPSA) is 105 Å². The summed E-state index contributed by atoms with van der Waals surface area (Å²) in [5.41, 5.74) is 1.98. The number of nitrogens with one attached hydrogen (secondary N) is 1. The van der Waals surface area contributed by atoms with Crippen molar-refractivity contribution < 1.29 is 13.2 Å². The fourth-order valence-electron chi connectivity index (χ4n) is 3.07. The second kappa shape index (κ2) is 6.08. The molecule has 1 aromatic heterocycles. The van der Waals surface area contributed by atoms with Crippen molar-refractivity contribution >= 4 is 33.2 Å². The first-order valence-electron chi connectivity index (χ1n) is 8.50. The van der Waals surface area contributed by atoms with Gasteiger partial charge in [-0.25, -0.2) is 4.98 Å². The molecule has 1 N–H and O–H groups in total. The van der Waals surface area contributed by atoms with Crippen LogP contribution in [0.25, 0.3) is 0 Å². The van der Waals surface area contributed by atoms with Crippen LogP contribution in [0.5, 0.6) is 0 Å². The van der Waals surface area contributed by atoms with E-state index < -0.39 is 16.1 Å². The first-order valence-corrected chi connectivity index (χ1v) is 9.90. The number of amides is 1. The molecule has 1 saturated carbocycles. The molecule has 2 aliphatic rings. The average molecular weight is 389 g/mol. The fourth-order valence-corrected chi connectivity index (χ4v) is 4.23. The Kier molecular flexibility index (Phi) is 3.95. The van der Waals surface area contributed by atoms with Crippen LogP contribution < -0.4 is 19.5 Å². The number of aromatic nitrogens is 2. The molecule has 0 bridgehead atoms. The number of benzene rings is 1. The number of carbonyl (C=O) groups is 1. The van der Waals surface area contributed by atoms with Crippen molar-refractivity contribution in [2.45, 2.75) is 25.3 Å². The van der Waals surface area contributed by atoms with E-state index in [0.29, 0.717) is 23.0 Å². The predicted octanol–water partition coefficient (Wildman–Crippen LogP) is 0.890. The third-order valence-corrected chi connectivity index (χ3v) is 6.62. The highest BCUT2D eigenvalue weighted by Gasteiger charge is 2.35. The Morgan fingerprint density at radius 1 is 1.19 bits per heavy atom. The monoisotopic (exact) mass is 389 g/mol. The maximum atomic E-state index is 12.3. The summed E-state index contributed by atoms with van der Waals surface area (Å²) in [5, 5.41) is 2.69. The van der Waals surface area contributed by atoms with Gasteiger partial charge in [-0.1, -0.05) is 0 Å². The zero-order chi connectivity index (χ0) is 19.3. The van der Waals surface area contributed by atoms with E-state index in [1.54, 1.807) is 18.2 Å². The molecule has 0 saturated heterocycles.